The number of benzene rings is 3. The molecule has 0 heterocycles. The molecule has 1 atom stereocenters. The minimum absolute atomic E-state index is 0.371. The van der Waals surface area contributed by atoms with Crippen molar-refractivity contribution in [2.75, 3.05) is 0 Å². The van der Waals surface area contributed by atoms with Crippen LogP contribution < -0.4 is 0 Å². The topological polar surface area (TPSA) is 20.2 Å². The third kappa shape index (κ3) is 3.75. The molecule has 148 valence electrons. The lowest BCUT2D eigenvalue weighted by Gasteiger charge is -2.32. The lowest BCUT2D eigenvalue weighted by molar-refractivity contribution is -0.00421. The molecule has 3 heteroatoms. The maximum atomic E-state index is 11.6. The van der Waals surface area contributed by atoms with Crippen LogP contribution in [-0.4, -0.2) is 5.11 Å². The lowest BCUT2D eigenvalue weighted by atomic mass is 9.76. The highest BCUT2D eigenvalue weighted by Crippen LogP contribution is 2.49. The smallest absolute Gasteiger partial charge is 0.156 e. The Kier molecular flexibility index (Phi) is 5.65. The zero-order valence-corrected chi connectivity index (χ0v) is 19.9. The molecule has 3 aromatic carbocycles. The molecule has 0 fully saturated rings. The molecule has 0 bridgehead atoms. The zero-order valence-electron chi connectivity index (χ0n) is 16.8. The Labute approximate surface area is 194 Å². The van der Waals surface area contributed by atoms with E-state index in [1.54, 1.807) is 0 Å². The second-order valence-electron chi connectivity index (χ2n) is 8.07. The summed E-state index contributed by atoms with van der Waals surface area (Å²) < 4.78 is 1.87. The summed E-state index contributed by atoms with van der Waals surface area (Å²) >= 11 is 7.11. The second-order valence-corrected chi connectivity index (χ2v) is 9.78. The van der Waals surface area contributed by atoms with E-state index in [9.17, 15) is 5.11 Å². The predicted molar refractivity (Wildman–Crippen MR) is 129 cm³/mol. The highest BCUT2D eigenvalue weighted by molar-refractivity contribution is 9.11. The standard InChI is InChI=1S/C27H20Br2O/c1-26(2)18-21-10-5-6-11-23(21)27(26,30)17-16-20-9-4-3-8-19(20)14-15-22-24(28)12-7-13-25(22)29/h3-13,30H,18H2,1-2H3. The highest BCUT2D eigenvalue weighted by Gasteiger charge is 2.50. The molecule has 1 unspecified atom stereocenters. The highest BCUT2D eigenvalue weighted by atomic mass is 79.9. The van der Waals surface area contributed by atoms with E-state index in [4.69, 9.17) is 0 Å². The van der Waals surface area contributed by atoms with Gasteiger partial charge >= 0.3 is 0 Å². The minimum Gasteiger partial charge on any atom is -0.373 e. The van der Waals surface area contributed by atoms with E-state index in [2.05, 4.69) is 75.5 Å². The van der Waals surface area contributed by atoms with Crippen molar-refractivity contribution >= 4 is 31.9 Å². The first-order chi connectivity index (χ1) is 14.3. The Morgan fingerprint density at radius 2 is 1.37 bits per heavy atom. The summed E-state index contributed by atoms with van der Waals surface area (Å²) in [7, 11) is 0. The van der Waals surface area contributed by atoms with Crippen LogP contribution in [0.1, 0.15) is 41.7 Å². The summed E-state index contributed by atoms with van der Waals surface area (Å²) in [4.78, 5) is 0. The van der Waals surface area contributed by atoms with Crippen LogP contribution in [0.5, 0.6) is 0 Å². The number of hydrogen-bond acceptors (Lipinski definition) is 1. The van der Waals surface area contributed by atoms with Crippen molar-refractivity contribution in [1.29, 1.82) is 0 Å². The molecule has 0 amide bonds. The van der Waals surface area contributed by atoms with E-state index >= 15 is 0 Å². The fraction of sp³-hybridized carbons (Fsp3) is 0.185. The minimum atomic E-state index is -1.20. The van der Waals surface area contributed by atoms with Crippen LogP contribution in [0.3, 0.4) is 0 Å². The Balaban J connectivity index is 1.76. The van der Waals surface area contributed by atoms with Gasteiger partial charge in [0.05, 0.1) is 5.56 Å². The largest absolute Gasteiger partial charge is 0.373 e. The molecule has 4 rings (SSSR count). The summed E-state index contributed by atoms with van der Waals surface area (Å²) in [5.74, 6) is 12.9. The van der Waals surface area contributed by atoms with Gasteiger partial charge in [-0.15, -0.1) is 0 Å². The summed E-state index contributed by atoms with van der Waals surface area (Å²) in [6, 6.07) is 21.7. The third-order valence-corrected chi connectivity index (χ3v) is 6.93. The molecule has 1 aliphatic rings. The Hall–Kier alpha value is -2.30. The average Bonchev–Trinajstić information content (AvgIpc) is 2.92. The van der Waals surface area contributed by atoms with Crippen LogP contribution in [0, 0.1) is 29.1 Å². The van der Waals surface area contributed by atoms with E-state index in [1.165, 1.54) is 0 Å². The quantitative estimate of drug-likeness (QED) is 0.339. The normalized spacial score (nSPS) is 18.6. The molecule has 1 N–H and O–H groups in total. The van der Waals surface area contributed by atoms with Crippen molar-refractivity contribution in [2.24, 2.45) is 5.41 Å². The number of hydrogen-bond donors (Lipinski definition) is 1. The second kappa shape index (κ2) is 8.09. The summed E-state index contributed by atoms with van der Waals surface area (Å²) in [5, 5.41) is 11.6. The van der Waals surface area contributed by atoms with Crippen molar-refractivity contribution in [3.8, 4) is 23.7 Å². The number of fused-ring (bicyclic) bond motifs is 1. The van der Waals surface area contributed by atoms with E-state index in [0.29, 0.717) is 0 Å². The summed E-state index contributed by atoms with van der Waals surface area (Å²) in [5.41, 5.74) is 3.03. The van der Waals surface area contributed by atoms with Gasteiger partial charge in [-0.25, -0.2) is 0 Å². The van der Waals surface area contributed by atoms with Crippen molar-refractivity contribution in [3.63, 3.8) is 0 Å². The van der Waals surface area contributed by atoms with Gasteiger partial charge in [-0.05, 0) is 73.7 Å². The van der Waals surface area contributed by atoms with Crippen LogP contribution >= 0.6 is 31.9 Å². The fourth-order valence-electron chi connectivity index (χ4n) is 3.84. The van der Waals surface area contributed by atoms with E-state index in [0.717, 1.165) is 43.2 Å². The molecule has 0 saturated carbocycles. The predicted octanol–water partition coefficient (Wildman–Crippen LogP) is 6.43. The summed E-state index contributed by atoms with van der Waals surface area (Å²) in [6.07, 6.45) is 0.797. The van der Waals surface area contributed by atoms with Gasteiger partial charge in [0.15, 0.2) is 5.60 Å². The van der Waals surface area contributed by atoms with Gasteiger partial charge in [0.1, 0.15) is 0 Å². The number of halogens is 2. The van der Waals surface area contributed by atoms with Gasteiger partial charge in [-0.1, -0.05) is 80.0 Å². The molecule has 0 aromatic heterocycles. The van der Waals surface area contributed by atoms with Gasteiger partial charge in [0.25, 0.3) is 0 Å². The van der Waals surface area contributed by atoms with Crippen molar-refractivity contribution in [1.82, 2.24) is 0 Å². The molecule has 0 radical (unpaired) electrons. The summed E-state index contributed by atoms with van der Waals surface area (Å²) in [6.45, 7) is 4.13. The van der Waals surface area contributed by atoms with Crippen LogP contribution in [-0.2, 0) is 12.0 Å². The Bertz CT molecular complexity index is 1230. The molecular weight excluding hydrogens is 500 g/mol. The van der Waals surface area contributed by atoms with Gasteiger partial charge in [-0.2, -0.15) is 0 Å². The van der Waals surface area contributed by atoms with E-state index in [1.807, 2.05) is 60.7 Å². The molecule has 0 saturated heterocycles. The number of rotatable bonds is 0. The molecule has 30 heavy (non-hydrogen) atoms. The molecule has 0 spiro atoms. The molecule has 1 nitrogen and oxygen atoms in total. The maximum absolute atomic E-state index is 11.6. The van der Waals surface area contributed by atoms with Crippen molar-refractivity contribution in [2.45, 2.75) is 25.9 Å². The molecule has 3 aromatic rings. The van der Waals surface area contributed by atoms with Crippen molar-refractivity contribution < 1.29 is 5.11 Å². The van der Waals surface area contributed by atoms with E-state index < -0.39 is 5.60 Å². The lowest BCUT2D eigenvalue weighted by Crippen LogP contribution is -2.37. The Morgan fingerprint density at radius 3 is 2.07 bits per heavy atom. The number of aliphatic hydroxyl groups is 1. The SMILES string of the molecule is CC1(C)Cc2ccccc2C1(O)C#Cc1ccccc1C#Cc1c(Br)cccc1Br. The first-order valence-corrected chi connectivity index (χ1v) is 11.3. The fourth-order valence-corrected chi connectivity index (χ4v) is 5.04. The molecule has 1 aliphatic carbocycles. The molecule has 0 aliphatic heterocycles. The molecular formula is C27H20Br2O. The van der Waals surface area contributed by atoms with E-state index in [-0.39, 0.29) is 5.41 Å². The maximum Gasteiger partial charge on any atom is 0.156 e. The van der Waals surface area contributed by atoms with Crippen LogP contribution in [0.4, 0.5) is 0 Å². The van der Waals surface area contributed by atoms with Crippen molar-refractivity contribution in [3.05, 3.63) is 103 Å². The van der Waals surface area contributed by atoms with Crippen LogP contribution in [0.2, 0.25) is 0 Å². The average molecular weight is 520 g/mol. The first-order valence-electron chi connectivity index (χ1n) is 9.71. The monoisotopic (exact) mass is 518 g/mol. The first kappa shape index (κ1) is 21.0. The van der Waals surface area contributed by atoms with Gasteiger partial charge in [0, 0.05) is 25.5 Å². The van der Waals surface area contributed by atoms with Gasteiger partial charge in [0.2, 0.25) is 0 Å². The third-order valence-electron chi connectivity index (χ3n) is 5.61. The van der Waals surface area contributed by atoms with Crippen LogP contribution in [0.15, 0.2) is 75.7 Å². The van der Waals surface area contributed by atoms with Gasteiger partial charge < -0.3 is 5.11 Å². The van der Waals surface area contributed by atoms with Gasteiger partial charge in [-0.3, -0.25) is 0 Å². The van der Waals surface area contributed by atoms with Crippen LogP contribution in [0.25, 0.3) is 0 Å². The Morgan fingerprint density at radius 1 is 0.767 bits per heavy atom. The zero-order chi connectivity index (χ0) is 21.4.